The summed E-state index contributed by atoms with van der Waals surface area (Å²) in [5.41, 5.74) is 6.55. The zero-order valence-corrected chi connectivity index (χ0v) is 15.1. The molecular formula is C18H22FN3O3S. The first-order valence-electron chi connectivity index (χ1n) is 8.20. The van der Waals surface area contributed by atoms with Gasteiger partial charge in [0.2, 0.25) is 15.9 Å². The van der Waals surface area contributed by atoms with Crippen LogP contribution in [0.5, 0.6) is 0 Å². The lowest BCUT2D eigenvalue weighted by molar-refractivity contribution is -0.121. The van der Waals surface area contributed by atoms with Crippen molar-refractivity contribution < 1.29 is 17.6 Å². The molecule has 4 N–H and O–H groups in total. The van der Waals surface area contributed by atoms with E-state index in [0.29, 0.717) is 30.5 Å². The van der Waals surface area contributed by atoms with Gasteiger partial charge < -0.3 is 11.1 Å². The van der Waals surface area contributed by atoms with Crippen molar-refractivity contribution in [3.63, 3.8) is 0 Å². The van der Waals surface area contributed by atoms with Gasteiger partial charge in [0.25, 0.3) is 0 Å². The average Bonchev–Trinajstić information content (AvgIpc) is 2.63. The minimum atomic E-state index is -3.75. The third-order valence-corrected chi connectivity index (χ3v) is 5.06. The van der Waals surface area contributed by atoms with Gasteiger partial charge >= 0.3 is 0 Å². The quantitative estimate of drug-likeness (QED) is 0.617. The molecule has 0 bridgehead atoms. The summed E-state index contributed by atoms with van der Waals surface area (Å²) in [5.74, 6) is -0.554. The summed E-state index contributed by atoms with van der Waals surface area (Å²) in [4.78, 5) is 11.7. The SMILES string of the molecule is NCCCC(=O)NCc1cccc(S(=O)(=O)NCc2cccc(F)c2)c1. The Morgan fingerprint density at radius 2 is 1.73 bits per heavy atom. The minimum absolute atomic E-state index is 0.0137. The number of hydrogen-bond acceptors (Lipinski definition) is 4. The summed E-state index contributed by atoms with van der Waals surface area (Å²) in [6, 6.07) is 12.0. The molecule has 1 amide bonds. The Labute approximate surface area is 152 Å². The van der Waals surface area contributed by atoms with Crippen molar-refractivity contribution in [1.82, 2.24) is 10.0 Å². The number of rotatable bonds is 9. The van der Waals surface area contributed by atoms with Gasteiger partial charge in [-0.05, 0) is 48.4 Å². The lowest BCUT2D eigenvalue weighted by Crippen LogP contribution is -2.25. The van der Waals surface area contributed by atoms with E-state index in [1.54, 1.807) is 18.2 Å². The van der Waals surface area contributed by atoms with Crippen LogP contribution < -0.4 is 15.8 Å². The Bertz CT molecular complexity index is 856. The van der Waals surface area contributed by atoms with Gasteiger partial charge in [0, 0.05) is 19.5 Å². The number of amides is 1. The summed E-state index contributed by atoms with van der Waals surface area (Å²) >= 11 is 0. The number of nitrogens with two attached hydrogens (primary N) is 1. The molecule has 0 saturated heterocycles. The minimum Gasteiger partial charge on any atom is -0.352 e. The van der Waals surface area contributed by atoms with Crippen molar-refractivity contribution in [2.75, 3.05) is 6.54 Å². The van der Waals surface area contributed by atoms with Gasteiger partial charge in [-0.25, -0.2) is 17.5 Å². The monoisotopic (exact) mass is 379 g/mol. The van der Waals surface area contributed by atoms with Crippen LogP contribution in [0.3, 0.4) is 0 Å². The molecule has 26 heavy (non-hydrogen) atoms. The van der Waals surface area contributed by atoms with Gasteiger partial charge in [0.1, 0.15) is 5.82 Å². The first kappa shape index (κ1) is 20.0. The van der Waals surface area contributed by atoms with Crippen molar-refractivity contribution in [3.05, 3.63) is 65.5 Å². The summed E-state index contributed by atoms with van der Waals surface area (Å²) in [6.45, 7) is 0.662. The maximum absolute atomic E-state index is 13.2. The fourth-order valence-electron chi connectivity index (χ4n) is 2.28. The van der Waals surface area contributed by atoms with Crippen molar-refractivity contribution in [2.24, 2.45) is 5.73 Å². The predicted molar refractivity (Wildman–Crippen MR) is 97.0 cm³/mol. The molecule has 0 saturated carbocycles. The van der Waals surface area contributed by atoms with Gasteiger partial charge in [-0.15, -0.1) is 0 Å². The molecule has 0 fully saturated rings. The maximum atomic E-state index is 13.2. The number of hydrogen-bond donors (Lipinski definition) is 3. The molecule has 0 atom stereocenters. The number of benzene rings is 2. The Kier molecular flexibility index (Phi) is 7.26. The number of carbonyl (C=O) groups is 1. The van der Waals surface area contributed by atoms with Crippen LogP contribution in [-0.2, 0) is 27.9 Å². The third kappa shape index (κ3) is 6.21. The Balaban J connectivity index is 1.99. The van der Waals surface area contributed by atoms with E-state index in [2.05, 4.69) is 10.0 Å². The molecule has 0 unspecified atom stereocenters. The maximum Gasteiger partial charge on any atom is 0.240 e. The number of nitrogens with one attached hydrogen (secondary N) is 2. The molecule has 8 heteroatoms. The van der Waals surface area contributed by atoms with E-state index in [0.717, 1.165) is 0 Å². The second kappa shape index (κ2) is 9.42. The van der Waals surface area contributed by atoms with E-state index >= 15 is 0 Å². The molecule has 0 aliphatic heterocycles. The zero-order valence-electron chi connectivity index (χ0n) is 14.2. The van der Waals surface area contributed by atoms with Crippen LogP contribution >= 0.6 is 0 Å². The Hall–Kier alpha value is -2.29. The second-order valence-corrected chi connectivity index (χ2v) is 7.54. The van der Waals surface area contributed by atoms with E-state index in [9.17, 15) is 17.6 Å². The summed E-state index contributed by atoms with van der Waals surface area (Å²) in [6.07, 6.45) is 0.938. The van der Waals surface area contributed by atoms with Crippen LogP contribution in [-0.4, -0.2) is 20.9 Å². The second-order valence-electron chi connectivity index (χ2n) is 5.77. The predicted octanol–water partition coefficient (Wildman–Crippen LogP) is 1.66. The largest absolute Gasteiger partial charge is 0.352 e. The standard InChI is InChI=1S/C18H22FN3O3S/c19-16-6-1-4-14(10-16)13-22-26(24,25)17-7-2-5-15(11-17)12-21-18(23)8-3-9-20/h1-2,4-7,10-11,22H,3,8-9,12-13,20H2,(H,21,23). The molecule has 0 aliphatic carbocycles. The molecule has 0 heterocycles. The normalized spacial score (nSPS) is 11.3. The van der Waals surface area contributed by atoms with Crippen LogP contribution in [0, 0.1) is 5.82 Å². The molecule has 140 valence electrons. The van der Waals surface area contributed by atoms with Gasteiger partial charge in [-0.2, -0.15) is 0 Å². The molecule has 0 radical (unpaired) electrons. The Morgan fingerprint density at radius 1 is 1.04 bits per heavy atom. The van der Waals surface area contributed by atoms with E-state index < -0.39 is 15.8 Å². The van der Waals surface area contributed by atoms with E-state index in [1.807, 2.05) is 0 Å². The third-order valence-electron chi connectivity index (χ3n) is 3.66. The highest BCUT2D eigenvalue weighted by atomic mass is 32.2. The highest BCUT2D eigenvalue weighted by Crippen LogP contribution is 2.13. The molecule has 2 aromatic carbocycles. The molecule has 0 aliphatic rings. The van der Waals surface area contributed by atoms with E-state index in [-0.39, 0.29) is 23.9 Å². The van der Waals surface area contributed by atoms with Crippen LogP contribution in [0.1, 0.15) is 24.0 Å². The van der Waals surface area contributed by atoms with Crippen LogP contribution in [0.25, 0.3) is 0 Å². The topological polar surface area (TPSA) is 101 Å². The zero-order chi connectivity index (χ0) is 19.0. The summed E-state index contributed by atoms with van der Waals surface area (Å²) in [7, 11) is -3.75. The fraction of sp³-hybridized carbons (Fsp3) is 0.278. The van der Waals surface area contributed by atoms with Crippen molar-refractivity contribution in [3.8, 4) is 0 Å². The van der Waals surface area contributed by atoms with Gasteiger partial charge in [-0.3, -0.25) is 4.79 Å². The highest BCUT2D eigenvalue weighted by molar-refractivity contribution is 7.89. The first-order valence-corrected chi connectivity index (χ1v) is 9.69. The van der Waals surface area contributed by atoms with Crippen LogP contribution in [0.15, 0.2) is 53.4 Å². The highest BCUT2D eigenvalue weighted by Gasteiger charge is 2.14. The molecule has 0 spiro atoms. The van der Waals surface area contributed by atoms with Gasteiger partial charge in [0.15, 0.2) is 0 Å². The van der Waals surface area contributed by atoms with Crippen LogP contribution in [0.2, 0.25) is 0 Å². The molecule has 6 nitrogen and oxygen atoms in total. The average molecular weight is 379 g/mol. The van der Waals surface area contributed by atoms with Crippen molar-refractivity contribution in [1.29, 1.82) is 0 Å². The number of halogens is 1. The van der Waals surface area contributed by atoms with E-state index in [4.69, 9.17) is 5.73 Å². The number of carbonyl (C=O) groups excluding carboxylic acids is 1. The summed E-state index contributed by atoms with van der Waals surface area (Å²) < 4.78 is 40.4. The first-order chi connectivity index (χ1) is 12.4. The van der Waals surface area contributed by atoms with Crippen molar-refractivity contribution in [2.45, 2.75) is 30.8 Å². The molecule has 0 aromatic heterocycles. The summed E-state index contributed by atoms with van der Waals surface area (Å²) in [5, 5.41) is 2.73. The lowest BCUT2D eigenvalue weighted by Gasteiger charge is -2.09. The van der Waals surface area contributed by atoms with E-state index in [1.165, 1.54) is 30.3 Å². The van der Waals surface area contributed by atoms with Crippen LogP contribution in [0.4, 0.5) is 4.39 Å². The molecule has 2 aromatic rings. The van der Waals surface area contributed by atoms with Crippen molar-refractivity contribution >= 4 is 15.9 Å². The smallest absolute Gasteiger partial charge is 0.240 e. The lowest BCUT2D eigenvalue weighted by atomic mass is 10.2. The van der Waals surface area contributed by atoms with Gasteiger partial charge in [0.05, 0.1) is 4.90 Å². The molecular weight excluding hydrogens is 357 g/mol. The fourth-order valence-corrected chi connectivity index (χ4v) is 3.37. The van der Waals surface area contributed by atoms with Gasteiger partial charge in [-0.1, -0.05) is 24.3 Å². The Morgan fingerprint density at radius 3 is 2.42 bits per heavy atom. The molecule has 2 rings (SSSR count). The number of sulfonamides is 1.